The number of carbonyl (C=O) groups excluding carboxylic acids is 2. The Bertz CT molecular complexity index is 967. The van der Waals surface area contributed by atoms with E-state index in [1.807, 2.05) is 34.2 Å². The maximum absolute atomic E-state index is 12.7. The molecule has 2 aliphatic heterocycles. The summed E-state index contributed by atoms with van der Waals surface area (Å²) < 4.78 is 1.76. The van der Waals surface area contributed by atoms with Crippen LogP contribution < -0.4 is 5.56 Å². The molecule has 1 aromatic carbocycles. The third-order valence-corrected chi connectivity index (χ3v) is 6.17. The van der Waals surface area contributed by atoms with E-state index in [4.69, 9.17) is 0 Å². The van der Waals surface area contributed by atoms with E-state index in [0.29, 0.717) is 45.4 Å². The van der Waals surface area contributed by atoms with Crippen molar-refractivity contribution >= 4 is 11.8 Å². The number of piperidine rings is 1. The average molecular weight is 408 g/mol. The zero-order valence-corrected chi connectivity index (χ0v) is 17.4. The molecule has 4 rings (SSSR count). The van der Waals surface area contributed by atoms with Gasteiger partial charge in [-0.25, -0.2) is 0 Å². The number of likely N-dealkylation sites (tertiary alicyclic amines) is 1. The van der Waals surface area contributed by atoms with E-state index in [0.717, 1.165) is 36.9 Å². The molecule has 2 amide bonds. The second kappa shape index (κ2) is 9.28. The van der Waals surface area contributed by atoms with Crippen molar-refractivity contribution in [1.82, 2.24) is 14.4 Å². The van der Waals surface area contributed by atoms with Gasteiger partial charge in [-0.1, -0.05) is 30.3 Å². The van der Waals surface area contributed by atoms with E-state index < -0.39 is 0 Å². The van der Waals surface area contributed by atoms with Gasteiger partial charge in [0.2, 0.25) is 11.8 Å². The molecule has 0 spiro atoms. The molecule has 30 heavy (non-hydrogen) atoms. The fourth-order valence-electron chi connectivity index (χ4n) is 4.34. The summed E-state index contributed by atoms with van der Waals surface area (Å²) in [6, 6.07) is 11.9. The van der Waals surface area contributed by atoms with E-state index >= 15 is 0 Å². The lowest BCUT2D eigenvalue weighted by atomic mass is 10.0. The van der Waals surface area contributed by atoms with Gasteiger partial charge in [-0.3, -0.25) is 14.4 Å². The van der Waals surface area contributed by atoms with Crippen LogP contribution in [0.2, 0.25) is 0 Å². The normalized spacial score (nSPS) is 16.5. The Hall–Kier alpha value is -2.89. The second-order valence-electron chi connectivity index (χ2n) is 8.24. The molecule has 0 atom stereocenters. The Labute approximate surface area is 177 Å². The summed E-state index contributed by atoms with van der Waals surface area (Å²) >= 11 is 0. The predicted octanol–water partition coefficient (Wildman–Crippen LogP) is 2.38. The van der Waals surface area contributed by atoms with Crippen LogP contribution in [0.15, 0.2) is 47.4 Å². The number of pyridine rings is 1. The summed E-state index contributed by atoms with van der Waals surface area (Å²) in [4.78, 5) is 40.9. The number of amides is 2. The minimum atomic E-state index is 0.0214. The van der Waals surface area contributed by atoms with Crippen LogP contribution in [0, 0.1) is 0 Å². The zero-order valence-electron chi connectivity index (χ0n) is 17.4. The molecule has 158 valence electrons. The van der Waals surface area contributed by atoms with Crippen LogP contribution in [0.3, 0.4) is 0 Å². The lowest BCUT2D eigenvalue weighted by Gasteiger charge is -2.31. The molecule has 1 saturated heterocycles. The largest absolute Gasteiger partial charge is 0.342 e. The molecule has 0 radical (unpaired) electrons. The van der Waals surface area contributed by atoms with E-state index in [-0.39, 0.29) is 17.4 Å². The first-order valence-corrected chi connectivity index (χ1v) is 10.9. The maximum Gasteiger partial charge on any atom is 0.250 e. The molecule has 0 bridgehead atoms. The standard InChI is InChI=1S/C24H29N3O3/c28-22-8-4-5-12-25(22)15-11-23(29)26-14-10-20-16-24(30)27(18-21(20)17-26)13-9-19-6-2-1-3-7-19/h1-3,6-7,16,18H,4-5,8-15,17H2. The lowest BCUT2D eigenvalue weighted by molar-refractivity contribution is -0.136. The second-order valence-corrected chi connectivity index (χ2v) is 8.24. The van der Waals surface area contributed by atoms with E-state index in [1.54, 1.807) is 10.6 Å². The summed E-state index contributed by atoms with van der Waals surface area (Å²) in [7, 11) is 0. The Morgan fingerprint density at radius 3 is 2.57 bits per heavy atom. The molecule has 6 nitrogen and oxygen atoms in total. The van der Waals surface area contributed by atoms with E-state index in [2.05, 4.69) is 12.1 Å². The number of benzene rings is 1. The summed E-state index contributed by atoms with van der Waals surface area (Å²) in [5, 5.41) is 0. The number of rotatable bonds is 6. The minimum absolute atomic E-state index is 0.0214. The summed E-state index contributed by atoms with van der Waals surface area (Å²) in [5.41, 5.74) is 3.32. The van der Waals surface area contributed by atoms with Gasteiger partial charge >= 0.3 is 0 Å². The fraction of sp³-hybridized carbons (Fsp3) is 0.458. The van der Waals surface area contributed by atoms with Crippen molar-refractivity contribution < 1.29 is 9.59 Å². The van der Waals surface area contributed by atoms with Gasteiger partial charge in [-0.2, -0.15) is 0 Å². The van der Waals surface area contributed by atoms with E-state index in [9.17, 15) is 14.4 Å². The third-order valence-electron chi connectivity index (χ3n) is 6.17. The smallest absolute Gasteiger partial charge is 0.250 e. The Kier molecular flexibility index (Phi) is 6.31. The minimum Gasteiger partial charge on any atom is -0.342 e. The number of fused-ring (bicyclic) bond motifs is 1. The van der Waals surface area contributed by atoms with E-state index in [1.165, 1.54) is 5.56 Å². The van der Waals surface area contributed by atoms with Gasteiger partial charge in [0.05, 0.1) is 0 Å². The van der Waals surface area contributed by atoms with Crippen molar-refractivity contribution in [2.24, 2.45) is 0 Å². The predicted molar refractivity (Wildman–Crippen MR) is 115 cm³/mol. The van der Waals surface area contributed by atoms with Gasteiger partial charge < -0.3 is 14.4 Å². The molecule has 2 aromatic rings. The molecule has 6 heteroatoms. The lowest BCUT2D eigenvalue weighted by Crippen LogP contribution is -2.41. The maximum atomic E-state index is 12.7. The van der Waals surface area contributed by atoms with Crippen molar-refractivity contribution in [1.29, 1.82) is 0 Å². The summed E-state index contributed by atoms with van der Waals surface area (Å²) in [6.45, 7) is 3.07. The number of aromatic nitrogens is 1. The first-order chi connectivity index (χ1) is 14.6. The fourth-order valence-corrected chi connectivity index (χ4v) is 4.34. The van der Waals surface area contributed by atoms with Crippen LogP contribution in [0.1, 0.15) is 42.4 Å². The number of hydrogen-bond acceptors (Lipinski definition) is 3. The van der Waals surface area contributed by atoms with Crippen LogP contribution in [0.5, 0.6) is 0 Å². The molecule has 1 aromatic heterocycles. The highest BCUT2D eigenvalue weighted by molar-refractivity contribution is 5.79. The zero-order chi connectivity index (χ0) is 20.9. The first kappa shape index (κ1) is 20.4. The highest BCUT2D eigenvalue weighted by Crippen LogP contribution is 2.19. The molecule has 0 aliphatic carbocycles. The number of carbonyl (C=O) groups is 2. The van der Waals surface area contributed by atoms with Crippen molar-refractivity contribution in [2.45, 2.75) is 51.6 Å². The highest BCUT2D eigenvalue weighted by Gasteiger charge is 2.24. The quantitative estimate of drug-likeness (QED) is 0.739. The molecular formula is C24H29N3O3. The molecular weight excluding hydrogens is 378 g/mol. The van der Waals surface area contributed by atoms with Crippen molar-refractivity contribution in [2.75, 3.05) is 19.6 Å². The molecule has 3 heterocycles. The number of hydrogen-bond donors (Lipinski definition) is 0. The van der Waals surface area contributed by atoms with Gasteiger partial charge in [0.25, 0.3) is 5.56 Å². The van der Waals surface area contributed by atoms with Crippen molar-refractivity contribution in [3.63, 3.8) is 0 Å². The van der Waals surface area contributed by atoms with Crippen LogP contribution in [-0.2, 0) is 35.5 Å². The SMILES string of the molecule is O=C1CCCCN1CCC(=O)N1CCc2cc(=O)n(CCc3ccccc3)cc2C1. The first-order valence-electron chi connectivity index (χ1n) is 10.9. The van der Waals surface area contributed by atoms with Gasteiger partial charge in [-0.15, -0.1) is 0 Å². The van der Waals surface area contributed by atoms with Gasteiger partial charge in [-0.05, 0) is 42.4 Å². The molecule has 0 saturated carbocycles. The molecule has 2 aliphatic rings. The Morgan fingerprint density at radius 2 is 1.77 bits per heavy atom. The Morgan fingerprint density at radius 1 is 0.933 bits per heavy atom. The number of aryl methyl sites for hydroxylation is 2. The summed E-state index contributed by atoms with van der Waals surface area (Å²) in [5.74, 6) is 0.251. The van der Waals surface area contributed by atoms with Crippen LogP contribution in [-0.4, -0.2) is 45.8 Å². The van der Waals surface area contributed by atoms with Crippen molar-refractivity contribution in [3.8, 4) is 0 Å². The molecule has 1 fully saturated rings. The number of nitrogens with zero attached hydrogens (tertiary/aromatic N) is 3. The summed E-state index contributed by atoms with van der Waals surface area (Å²) in [6.07, 6.45) is 6.38. The Balaban J connectivity index is 1.38. The van der Waals surface area contributed by atoms with Gasteiger partial charge in [0.1, 0.15) is 0 Å². The average Bonchev–Trinajstić information content (AvgIpc) is 2.77. The molecule has 0 unspecified atom stereocenters. The monoisotopic (exact) mass is 407 g/mol. The highest BCUT2D eigenvalue weighted by atomic mass is 16.2. The van der Waals surface area contributed by atoms with Crippen molar-refractivity contribution in [3.05, 3.63) is 69.6 Å². The third kappa shape index (κ3) is 4.81. The van der Waals surface area contributed by atoms with Gasteiger partial charge in [0.15, 0.2) is 0 Å². The molecule has 0 N–H and O–H groups in total. The van der Waals surface area contributed by atoms with Crippen LogP contribution in [0.4, 0.5) is 0 Å². The van der Waals surface area contributed by atoms with Gasteiger partial charge in [0, 0.05) is 57.8 Å². The topological polar surface area (TPSA) is 62.6 Å². The van der Waals surface area contributed by atoms with Crippen LogP contribution >= 0.6 is 0 Å². The van der Waals surface area contributed by atoms with Crippen LogP contribution in [0.25, 0.3) is 0 Å².